The summed E-state index contributed by atoms with van der Waals surface area (Å²) in [5.74, 6) is 0.591. The molecule has 0 fully saturated rings. The van der Waals surface area contributed by atoms with Gasteiger partial charge in [0.15, 0.2) is 0 Å². The first kappa shape index (κ1) is 13.7. The van der Waals surface area contributed by atoms with E-state index in [-0.39, 0.29) is 0 Å². The zero-order valence-electron chi connectivity index (χ0n) is 12.6. The molecule has 0 saturated heterocycles. The number of nitrogens with zero attached hydrogens (tertiary/aromatic N) is 1. The van der Waals surface area contributed by atoms with Gasteiger partial charge in [-0.1, -0.05) is 26.0 Å². The molecule has 0 amide bonds. The molecule has 0 radical (unpaired) electrons. The van der Waals surface area contributed by atoms with E-state index in [1.807, 2.05) is 0 Å². The van der Waals surface area contributed by atoms with Crippen LogP contribution in [0.25, 0.3) is 0 Å². The third kappa shape index (κ3) is 3.01. The maximum atomic E-state index is 3.50. The average Bonchev–Trinajstić information content (AvgIpc) is 2.64. The first-order chi connectivity index (χ1) is 8.99. The molecule has 0 aliphatic heterocycles. The van der Waals surface area contributed by atoms with Crippen LogP contribution in [-0.2, 0) is 13.6 Å². The summed E-state index contributed by atoms with van der Waals surface area (Å²) >= 11 is 0. The van der Waals surface area contributed by atoms with Gasteiger partial charge in [0.1, 0.15) is 0 Å². The van der Waals surface area contributed by atoms with E-state index in [0.29, 0.717) is 5.92 Å². The predicted octanol–water partition coefficient (Wildman–Crippen LogP) is 4.38. The molecule has 2 nitrogen and oxygen atoms in total. The molecule has 1 aromatic heterocycles. The Hall–Kier alpha value is -1.70. The molecule has 2 rings (SSSR count). The fraction of sp³-hybridized carbons (Fsp3) is 0.412. The van der Waals surface area contributed by atoms with Crippen LogP contribution in [0.2, 0.25) is 0 Å². The largest absolute Gasteiger partial charge is 0.381 e. The van der Waals surface area contributed by atoms with Gasteiger partial charge in [0, 0.05) is 30.7 Å². The van der Waals surface area contributed by atoms with Gasteiger partial charge in [-0.2, -0.15) is 0 Å². The Kier molecular flexibility index (Phi) is 3.98. The van der Waals surface area contributed by atoms with Gasteiger partial charge >= 0.3 is 0 Å². The Labute approximate surface area is 116 Å². The highest BCUT2D eigenvalue weighted by Crippen LogP contribution is 2.19. The van der Waals surface area contributed by atoms with E-state index in [0.717, 1.165) is 6.54 Å². The summed E-state index contributed by atoms with van der Waals surface area (Å²) in [5.41, 5.74) is 6.59. The van der Waals surface area contributed by atoms with Gasteiger partial charge in [0.2, 0.25) is 0 Å². The van der Waals surface area contributed by atoms with Crippen molar-refractivity contribution in [2.45, 2.75) is 40.2 Å². The minimum Gasteiger partial charge on any atom is -0.381 e. The molecule has 2 heteroatoms. The van der Waals surface area contributed by atoms with E-state index in [1.54, 1.807) is 0 Å². The third-order valence-corrected chi connectivity index (χ3v) is 3.94. The van der Waals surface area contributed by atoms with Crippen molar-refractivity contribution < 1.29 is 0 Å². The molecule has 0 aliphatic carbocycles. The fourth-order valence-corrected chi connectivity index (χ4v) is 2.30. The first-order valence-electron chi connectivity index (χ1n) is 6.94. The van der Waals surface area contributed by atoms with Crippen LogP contribution in [0.3, 0.4) is 0 Å². The molecule has 1 heterocycles. The van der Waals surface area contributed by atoms with Crippen molar-refractivity contribution in [3.05, 3.63) is 52.8 Å². The first-order valence-corrected chi connectivity index (χ1v) is 6.94. The van der Waals surface area contributed by atoms with Crippen molar-refractivity contribution in [1.82, 2.24) is 4.57 Å². The molecule has 19 heavy (non-hydrogen) atoms. The quantitative estimate of drug-likeness (QED) is 0.859. The molecular weight excluding hydrogens is 232 g/mol. The highest BCUT2D eigenvalue weighted by molar-refractivity contribution is 5.46. The molecule has 0 bridgehead atoms. The third-order valence-electron chi connectivity index (χ3n) is 3.94. The number of hydrogen-bond donors (Lipinski definition) is 1. The van der Waals surface area contributed by atoms with Crippen molar-refractivity contribution in [3.8, 4) is 0 Å². The summed E-state index contributed by atoms with van der Waals surface area (Å²) in [6.45, 7) is 9.64. The Morgan fingerprint density at radius 1 is 1.11 bits per heavy atom. The Morgan fingerprint density at radius 2 is 1.74 bits per heavy atom. The van der Waals surface area contributed by atoms with E-state index in [2.05, 4.69) is 75.0 Å². The highest BCUT2D eigenvalue weighted by Gasteiger charge is 2.05. The lowest BCUT2D eigenvalue weighted by atomic mass is 10.0. The van der Waals surface area contributed by atoms with E-state index in [1.165, 1.54) is 28.2 Å². The van der Waals surface area contributed by atoms with E-state index >= 15 is 0 Å². The zero-order chi connectivity index (χ0) is 14.0. The zero-order valence-corrected chi connectivity index (χ0v) is 12.6. The number of aromatic nitrogens is 1. The van der Waals surface area contributed by atoms with Crippen LogP contribution in [0, 0.1) is 13.8 Å². The van der Waals surface area contributed by atoms with Crippen molar-refractivity contribution >= 4 is 5.69 Å². The number of benzene rings is 1. The van der Waals surface area contributed by atoms with Crippen LogP contribution < -0.4 is 5.32 Å². The molecule has 1 aromatic carbocycles. The van der Waals surface area contributed by atoms with Gasteiger partial charge in [-0.3, -0.25) is 0 Å². The molecule has 0 aliphatic rings. The minimum atomic E-state index is 0.591. The van der Waals surface area contributed by atoms with Gasteiger partial charge in [0.25, 0.3) is 0 Å². The maximum absolute atomic E-state index is 3.50. The lowest BCUT2D eigenvalue weighted by Crippen LogP contribution is -2.01. The summed E-state index contributed by atoms with van der Waals surface area (Å²) in [4.78, 5) is 0. The smallest absolute Gasteiger partial charge is 0.0418 e. The van der Waals surface area contributed by atoms with Gasteiger partial charge in [-0.05, 0) is 49.1 Å². The van der Waals surface area contributed by atoms with Crippen LogP contribution in [0.4, 0.5) is 5.69 Å². The molecule has 0 spiro atoms. The summed E-state index contributed by atoms with van der Waals surface area (Å²) in [7, 11) is 2.12. The number of hydrogen-bond acceptors (Lipinski definition) is 1. The van der Waals surface area contributed by atoms with Gasteiger partial charge in [-0.25, -0.2) is 0 Å². The number of anilines is 1. The standard InChI is InChI=1S/C17H24N2/c1-12(2)15-6-8-17(9-7-15)18-11-16-10-13(3)19(5)14(16)4/h6-10,12,18H,11H2,1-5H3. The second-order valence-electron chi connectivity index (χ2n) is 5.59. The number of nitrogens with one attached hydrogen (secondary N) is 1. The molecular formula is C17H24N2. The van der Waals surface area contributed by atoms with Gasteiger partial charge in [0.05, 0.1) is 0 Å². The molecule has 1 N–H and O–H groups in total. The van der Waals surface area contributed by atoms with Crippen LogP contribution >= 0.6 is 0 Å². The van der Waals surface area contributed by atoms with E-state index in [9.17, 15) is 0 Å². The van der Waals surface area contributed by atoms with Crippen molar-refractivity contribution in [1.29, 1.82) is 0 Å². The minimum absolute atomic E-state index is 0.591. The van der Waals surface area contributed by atoms with Gasteiger partial charge < -0.3 is 9.88 Å². The second kappa shape index (κ2) is 5.52. The monoisotopic (exact) mass is 256 g/mol. The predicted molar refractivity (Wildman–Crippen MR) is 82.7 cm³/mol. The van der Waals surface area contributed by atoms with Crippen molar-refractivity contribution in [3.63, 3.8) is 0 Å². The average molecular weight is 256 g/mol. The summed E-state index contributed by atoms with van der Waals surface area (Å²) < 4.78 is 2.23. The molecule has 102 valence electrons. The maximum Gasteiger partial charge on any atom is 0.0418 e. The summed E-state index contributed by atoms with van der Waals surface area (Å²) in [5, 5.41) is 3.50. The number of rotatable bonds is 4. The second-order valence-corrected chi connectivity index (χ2v) is 5.59. The van der Waals surface area contributed by atoms with Crippen LogP contribution in [0.5, 0.6) is 0 Å². The summed E-state index contributed by atoms with van der Waals surface area (Å²) in [6, 6.07) is 11.0. The fourth-order valence-electron chi connectivity index (χ4n) is 2.30. The summed E-state index contributed by atoms with van der Waals surface area (Å²) in [6.07, 6.45) is 0. The molecule has 0 unspecified atom stereocenters. The SMILES string of the molecule is Cc1cc(CNc2ccc(C(C)C)cc2)c(C)n1C. The van der Waals surface area contributed by atoms with Gasteiger partial charge in [-0.15, -0.1) is 0 Å². The molecule has 0 saturated carbocycles. The van der Waals surface area contributed by atoms with Crippen molar-refractivity contribution in [2.75, 3.05) is 5.32 Å². The van der Waals surface area contributed by atoms with E-state index in [4.69, 9.17) is 0 Å². The topological polar surface area (TPSA) is 17.0 Å². The van der Waals surface area contributed by atoms with Crippen LogP contribution in [-0.4, -0.2) is 4.57 Å². The Bertz CT molecular complexity index is 547. The van der Waals surface area contributed by atoms with Crippen LogP contribution in [0.15, 0.2) is 30.3 Å². The molecule has 0 atom stereocenters. The molecule has 2 aromatic rings. The highest BCUT2D eigenvalue weighted by atomic mass is 15.0. The lowest BCUT2D eigenvalue weighted by Gasteiger charge is -2.09. The Morgan fingerprint density at radius 3 is 2.21 bits per heavy atom. The van der Waals surface area contributed by atoms with E-state index < -0.39 is 0 Å². The lowest BCUT2D eigenvalue weighted by molar-refractivity contribution is 0.837. The Balaban J connectivity index is 2.04. The number of aryl methyl sites for hydroxylation is 1. The normalized spacial score (nSPS) is 11.1. The van der Waals surface area contributed by atoms with Crippen LogP contribution in [0.1, 0.15) is 42.3 Å². The van der Waals surface area contributed by atoms with Crippen molar-refractivity contribution in [2.24, 2.45) is 7.05 Å².